The van der Waals surface area contributed by atoms with Crippen molar-refractivity contribution >= 4 is 35.0 Å². The largest absolute Gasteiger partial charge is 0.369 e. The molecule has 196 valence electrons. The number of likely N-dealkylation sites (tertiary alicyclic amines) is 1. The minimum absolute atomic E-state index is 0.0295. The van der Waals surface area contributed by atoms with Crippen LogP contribution in [0.3, 0.4) is 0 Å². The van der Waals surface area contributed by atoms with Crippen LogP contribution in [-0.2, 0) is 14.3 Å². The lowest BCUT2D eigenvalue weighted by molar-refractivity contribution is -0.139. The summed E-state index contributed by atoms with van der Waals surface area (Å²) in [5.74, 6) is -0.299. The molecule has 0 radical (unpaired) electrons. The summed E-state index contributed by atoms with van der Waals surface area (Å²) in [6, 6.07) is 6.57. The Bertz CT molecular complexity index is 959. The highest BCUT2D eigenvalue weighted by Gasteiger charge is 2.53. The van der Waals surface area contributed by atoms with Crippen LogP contribution in [0.25, 0.3) is 0 Å². The number of hydrogen-bond donors (Lipinski definition) is 1. The fraction of sp³-hybridized carbons (Fsp3) is 0.667. The van der Waals surface area contributed by atoms with E-state index in [0.29, 0.717) is 12.1 Å². The van der Waals surface area contributed by atoms with Gasteiger partial charge in [0.1, 0.15) is 18.7 Å². The van der Waals surface area contributed by atoms with Crippen LogP contribution in [0.5, 0.6) is 0 Å². The van der Waals surface area contributed by atoms with E-state index in [4.69, 9.17) is 4.74 Å². The number of rotatable bonds is 6. The van der Waals surface area contributed by atoms with Gasteiger partial charge in [0.25, 0.3) is 5.91 Å². The van der Waals surface area contributed by atoms with Crippen molar-refractivity contribution in [3.63, 3.8) is 0 Å². The first-order valence-corrected chi connectivity index (χ1v) is 14.6. The number of anilines is 1. The second-order valence-electron chi connectivity index (χ2n) is 10.6. The van der Waals surface area contributed by atoms with Crippen molar-refractivity contribution in [1.29, 1.82) is 0 Å². The summed E-state index contributed by atoms with van der Waals surface area (Å²) in [4.78, 5) is 46.3. The third kappa shape index (κ3) is 5.15. The number of carbonyl (C=O) groups is 3. The second-order valence-corrected chi connectivity index (χ2v) is 11.7. The number of fused-ring (bicyclic) bond motifs is 1. The number of nitrogens with zero attached hydrogens (tertiary/aromatic N) is 3. The number of Topliss-reactive ketones (excluding diaryl/α,β-unsaturated/α-hetero) is 1. The van der Waals surface area contributed by atoms with Gasteiger partial charge < -0.3 is 24.8 Å². The molecule has 0 spiro atoms. The third-order valence-corrected chi connectivity index (χ3v) is 9.42. The van der Waals surface area contributed by atoms with Crippen LogP contribution in [0.15, 0.2) is 24.3 Å². The van der Waals surface area contributed by atoms with E-state index in [1.54, 1.807) is 16.7 Å². The normalized spacial score (nSPS) is 28.3. The fourth-order valence-corrected chi connectivity index (χ4v) is 6.99. The predicted octanol–water partition coefficient (Wildman–Crippen LogP) is 2.03. The Morgan fingerprint density at radius 1 is 1.06 bits per heavy atom. The van der Waals surface area contributed by atoms with Gasteiger partial charge in [-0.05, 0) is 56.3 Å². The number of ketones is 1. The first-order chi connectivity index (χ1) is 17.5. The van der Waals surface area contributed by atoms with E-state index < -0.39 is 12.1 Å². The summed E-state index contributed by atoms with van der Waals surface area (Å²) in [5.41, 5.74) is 1.67. The number of hydrogen-bond acceptors (Lipinski definition) is 7. The summed E-state index contributed by atoms with van der Waals surface area (Å²) in [6.45, 7) is 4.54. The number of nitrogens with one attached hydrogen (secondary N) is 1. The van der Waals surface area contributed by atoms with Crippen LogP contribution in [0.4, 0.5) is 5.69 Å². The number of benzene rings is 1. The summed E-state index contributed by atoms with van der Waals surface area (Å²) in [7, 11) is 2.13. The molecular weight excluding hydrogens is 476 g/mol. The monoisotopic (exact) mass is 514 g/mol. The van der Waals surface area contributed by atoms with E-state index in [1.165, 1.54) is 0 Å². The van der Waals surface area contributed by atoms with Gasteiger partial charge in [0.2, 0.25) is 5.91 Å². The molecule has 1 N–H and O–H groups in total. The molecular formula is C27H38N4O4S. The molecule has 3 heterocycles. The van der Waals surface area contributed by atoms with Crippen molar-refractivity contribution in [2.24, 2.45) is 5.92 Å². The number of likely N-dealkylation sites (N-methyl/N-ethyl adjacent to an activating group) is 1. The average molecular weight is 515 g/mol. The van der Waals surface area contributed by atoms with Crippen LogP contribution in [0, 0.1) is 5.92 Å². The maximum absolute atomic E-state index is 13.9. The first-order valence-electron chi connectivity index (χ1n) is 13.3. The van der Waals surface area contributed by atoms with Crippen LogP contribution in [0.1, 0.15) is 42.5 Å². The van der Waals surface area contributed by atoms with Crippen molar-refractivity contribution < 1.29 is 19.1 Å². The summed E-state index contributed by atoms with van der Waals surface area (Å²) in [6.07, 6.45) is 6.86. The number of ether oxygens (including phenoxy) is 1. The van der Waals surface area contributed by atoms with Crippen molar-refractivity contribution in [2.75, 3.05) is 57.5 Å². The molecule has 1 saturated carbocycles. The molecule has 5 rings (SSSR count). The molecule has 0 bridgehead atoms. The van der Waals surface area contributed by atoms with Gasteiger partial charge in [-0.2, -0.15) is 11.8 Å². The van der Waals surface area contributed by atoms with Crippen LogP contribution < -0.4 is 10.2 Å². The smallest absolute Gasteiger partial charge is 0.251 e. The molecule has 3 saturated heterocycles. The Balaban J connectivity index is 1.31. The van der Waals surface area contributed by atoms with E-state index in [0.717, 1.165) is 64.0 Å². The number of piperazine rings is 1. The quantitative estimate of drug-likeness (QED) is 0.622. The lowest BCUT2D eigenvalue weighted by atomic mass is 9.83. The summed E-state index contributed by atoms with van der Waals surface area (Å²) >= 11 is 1.64. The number of thioether (sulfide) groups is 1. The highest BCUT2D eigenvalue weighted by atomic mass is 32.2. The van der Waals surface area contributed by atoms with Gasteiger partial charge >= 0.3 is 0 Å². The Hall–Kier alpha value is -2.10. The van der Waals surface area contributed by atoms with E-state index in [9.17, 15) is 14.4 Å². The van der Waals surface area contributed by atoms with Gasteiger partial charge in [0, 0.05) is 44.0 Å². The van der Waals surface area contributed by atoms with Crippen LogP contribution in [0.2, 0.25) is 0 Å². The molecule has 1 aromatic carbocycles. The summed E-state index contributed by atoms with van der Waals surface area (Å²) < 4.78 is 5.76. The van der Waals surface area contributed by atoms with Gasteiger partial charge in [-0.1, -0.05) is 19.3 Å². The first kappa shape index (κ1) is 25.5. The second kappa shape index (κ2) is 11.1. The molecule has 36 heavy (non-hydrogen) atoms. The van der Waals surface area contributed by atoms with Crippen molar-refractivity contribution in [2.45, 2.75) is 55.5 Å². The molecule has 8 nitrogen and oxygen atoms in total. The molecule has 4 aliphatic rings. The van der Waals surface area contributed by atoms with Crippen LogP contribution >= 0.6 is 11.8 Å². The molecule has 2 amide bonds. The topological polar surface area (TPSA) is 82.2 Å². The van der Waals surface area contributed by atoms with Gasteiger partial charge in [-0.3, -0.25) is 14.4 Å². The molecule has 1 aliphatic carbocycles. The third-order valence-electron chi connectivity index (χ3n) is 8.40. The van der Waals surface area contributed by atoms with E-state index in [-0.39, 0.29) is 41.5 Å². The summed E-state index contributed by atoms with van der Waals surface area (Å²) in [5, 5.41) is 3.18. The Labute approximate surface area is 218 Å². The number of amides is 2. The predicted molar refractivity (Wildman–Crippen MR) is 142 cm³/mol. The van der Waals surface area contributed by atoms with Gasteiger partial charge in [0.15, 0.2) is 5.78 Å². The fourth-order valence-electron chi connectivity index (χ4n) is 6.19. The van der Waals surface area contributed by atoms with Crippen molar-refractivity contribution in [3.8, 4) is 0 Å². The molecule has 9 heteroatoms. The minimum atomic E-state index is -0.621. The lowest BCUT2D eigenvalue weighted by Gasteiger charge is -2.34. The SMILES string of the molecule is CS[C@H]1CN(C(=O)[C@@H](NC(=O)c2ccc(N3CCN(C)CC3)cc2)C2CCCCC2)[C@@H]2C(=O)CO[C@H]12. The van der Waals surface area contributed by atoms with E-state index in [2.05, 4.69) is 22.2 Å². The highest BCUT2D eigenvalue weighted by Crippen LogP contribution is 2.35. The maximum atomic E-state index is 13.9. The Morgan fingerprint density at radius 3 is 2.42 bits per heavy atom. The van der Waals surface area contributed by atoms with E-state index in [1.807, 2.05) is 30.5 Å². The molecule has 4 atom stereocenters. The van der Waals surface area contributed by atoms with Gasteiger partial charge in [-0.25, -0.2) is 0 Å². The lowest BCUT2D eigenvalue weighted by Crippen LogP contribution is -2.55. The highest BCUT2D eigenvalue weighted by molar-refractivity contribution is 7.99. The Morgan fingerprint density at radius 2 is 1.75 bits per heavy atom. The standard InChI is InChI=1S/C27H38N4O4S/c1-29-12-14-30(15-13-29)20-10-8-19(9-11-20)26(33)28-23(18-6-4-3-5-7-18)27(34)31-16-22(36-2)25-24(31)21(32)17-35-25/h8-11,18,22-25H,3-7,12-17H2,1-2H3,(H,28,33)/t22-,23-,24+,25+/m0/s1. The minimum Gasteiger partial charge on any atom is -0.369 e. The van der Waals surface area contributed by atoms with Gasteiger partial charge in [0.05, 0.1) is 11.4 Å². The Kier molecular flexibility index (Phi) is 7.88. The molecule has 0 unspecified atom stereocenters. The zero-order chi connectivity index (χ0) is 25.2. The number of carbonyl (C=O) groups excluding carboxylic acids is 3. The molecule has 3 aliphatic heterocycles. The zero-order valence-electron chi connectivity index (χ0n) is 21.4. The molecule has 0 aromatic heterocycles. The molecule has 1 aromatic rings. The molecule has 4 fully saturated rings. The van der Waals surface area contributed by atoms with Crippen molar-refractivity contribution in [3.05, 3.63) is 29.8 Å². The zero-order valence-corrected chi connectivity index (χ0v) is 22.2. The maximum Gasteiger partial charge on any atom is 0.251 e. The average Bonchev–Trinajstić information content (AvgIpc) is 3.48. The van der Waals surface area contributed by atoms with Crippen molar-refractivity contribution in [1.82, 2.24) is 15.1 Å². The van der Waals surface area contributed by atoms with Crippen LogP contribution in [-0.4, -0.2) is 103 Å². The van der Waals surface area contributed by atoms with E-state index >= 15 is 0 Å². The van der Waals surface area contributed by atoms with Gasteiger partial charge in [-0.15, -0.1) is 0 Å².